The van der Waals surface area contributed by atoms with Crippen LogP contribution in [0.5, 0.6) is 0 Å². The normalized spacial score (nSPS) is 11.3. The molecule has 3 N–H and O–H groups in total. The van der Waals surface area contributed by atoms with Gasteiger partial charge in [-0.3, -0.25) is 4.79 Å². The number of urea groups is 1. The molecule has 0 aromatic heterocycles. The molecule has 7 nitrogen and oxygen atoms in total. The van der Waals surface area contributed by atoms with Gasteiger partial charge in [0.25, 0.3) is 0 Å². The van der Waals surface area contributed by atoms with Crippen molar-refractivity contribution < 1.29 is 24.2 Å². The Bertz CT molecular complexity index is 498. The summed E-state index contributed by atoms with van der Waals surface area (Å²) in [6.07, 6.45) is -0.437. The summed E-state index contributed by atoms with van der Waals surface area (Å²) in [5.41, 5.74) is 1.56. The number of carboxylic acids is 1. The van der Waals surface area contributed by atoms with Crippen LogP contribution < -0.4 is 10.6 Å². The van der Waals surface area contributed by atoms with Gasteiger partial charge >= 0.3 is 18.0 Å². The zero-order valence-corrected chi connectivity index (χ0v) is 11.2. The Morgan fingerprint density at radius 1 is 1.25 bits per heavy atom. The average molecular weight is 280 g/mol. The third-order valence-corrected chi connectivity index (χ3v) is 2.51. The number of carbonyl (C=O) groups is 3. The van der Waals surface area contributed by atoms with E-state index in [0.29, 0.717) is 5.69 Å². The lowest BCUT2D eigenvalue weighted by Crippen LogP contribution is -2.44. The number of carboxylic acid groups (broad SMARTS) is 1. The van der Waals surface area contributed by atoms with Gasteiger partial charge in [0.15, 0.2) is 0 Å². The molecule has 7 heteroatoms. The second kappa shape index (κ2) is 7.13. The number of benzene rings is 1. The molecule has 0 aliphatic rings. The van der Waals surface area contributed by atoms with E-state index in [1.807, 2.05) is 6.92 Å². The summed E-state index contributed by atoms with van der Waals surface area (Å²) < 4.78 is 4.37. The minimum absolute atomic E-state index is 0.437. The molecule has 0 radical (unpaired) electrons. The highest BCUT2D eigenvalue weighted by Crippen LogP contribution is 2.08. The monoisotopic (exact) mass is 280 g/mol. The van der Waals surface area contributed by atoms with E-state index in [2.05, 4.69) is 15.4 Å². The van der Waals surface area contributed by atoms with E-state index in [4.69, 9.17) is 5.11 Å². The first-order chi connectivity index (χ1) is 9.42. The van der Waals surface area contributed by atoms with Crippen molar-refractivity contribution in [3.8, 4) is 0 Å². The lowest BCUT2D eigenvalue weighted by Gasteiger charge is -2.14. The van der Waals surface area contributed by atoms with Gasteiger partial charge in [-0.2, -0.15) is 0 Å². The summed E-state index contributed by atoms with van der Waals surface area (Å²) in [6.45, 7) is 1.90. The second-order valence-electron chi connectivity index (χ2n) is 4.14. The molecule has 2 amide bonds. The van der Waals surface area contributed by atoms with Crippen LogP contribution in [-0.2, 0) is 14.3 Å². The average Bonchev–Trinajstić information content (AvgIpc) is 2.40. The van der Waals surface area contributed by atoms with Gasteiger partial charge in [-0.05, 0) is 19.1 Å². The molecule has 0 spiro atoms. The van der Waals surface area contributed by atoms with Crippen LogP contribution in [-0.4, -0.2) is 36.2 Å². The van der Waals surface area contributed by atoms with E-state index >= 15 is 0 Å². The van der Waals surface area contributed by atoms with Gasteiger partial charge in [-0.1, -0.05) is 17.7 Å². The van der Waals surface area contributed by atoms with Crippen LogP contribution in [0.4, 0.5) is 10.5 Å². The number of aryl methyl sites for hydroxylation is 1. The summed E-state index contributed by atoms with van der Waals surface area (Å²) in [5, 5.41) is 13.6. The molecule has 108 valence electrons. The second-order valence-corrected chi connectivity index (χ2v) is 4.14. The van der Waals surface area contributed by atoms with Crippen LogP contribution in [0.15, 0.2) is 24.3 Å². The largest absolute Gasteiger partial charge is 0.480 e. The van der Waals surface area contributed by atoms with Gasteiger partial charge in [-0.25, -0.2) is 9.59 Å². The minimum atomic E-state index is -1.34. The first-order valence-corrected chi connectivity index (χ1v) is 5.86. The number of ether oxygens (including phenoxy) is 1. The van der Waals surface area contributed by atoms with Gasteiger partial charge in [0.1, 0.15) is 6.04 Å². The predicted molar refractivity (Wildman–Crippen MR) is 71.4 cm³/mol. The van der Waals surface area contributed by atoms with E-state index in [1.165, 1.54) is 0 Å². The SMILES string of the molecule is COC(=O)C[C@H](NC(=O)Nc1ccc(C)cc1)C(=O)O. The fourth-order valence-corrected chi connectivity index (χ4v) is 1.41. The lowest BCUT2D eigenvalue weighted by molar-refractivity contribution is -0.147. The number of amides is 2. The van der Waals surface area contributed by atoms with Crippen molar-refractivity contribution in [3.05, 3.63) is 29.8 Å². The summed E-state index contributed by atoms with van der Waals surface area (Å²) in [7, 11) is 1.15. The Morgan fingerprint density at radius 2 is 1.85 bits per heavy atom. The maximum atomic E-state index is 11.6. The number of methoxy groups -OCH3 is 1. The maximum Gasteiger partial charge on any atom is 0.326 e. The van der Waals surface area contributed by atoms with Crippen molar-refractivity contribution in [2.24, 2.45) is 0 Å². The van der Waals surface area contributed by atoms with Gasteiger partial charge in [0, 0.05) is 5.69 Å². The fourth-order valence-electron chi connectivity index (χ4n) is 1.41. The zero-order chi connectivity index (χ0) is 15.1. The number of rotatable bonds is 5. The van der Waals surface area contributed by atoms with Gasteiger partial charge in [0.05, 0.1) is 13.5 Å². The topological polar surface area (TPSA) is 105 Å². The molecule has 0 saturated carbocycles. The molecule has 1 rings (SSSR count). The number of nitrogens with one attached hydrogen (secondary N) is 2. The van der Waals surface area contributed by atoms with Crippen molar-refractivity contribution in [1.29, 1.82) is 0 Å². The van der Waals surface area contributed by atoms with Crippen molar-refractivity contribution in [3.63, 3.8) is 0 Å². The summed E-state index contributed by atoms with van der Waals surface area (Å²) in [4.78, 5) is 33.6. The number of anilines is 1. The first-order valence-electron chi connectivity index (χ1n) is 5.86. The molecular formula is C13H16N2O5. The molecule has 0 bridgehead atoms. The van der Waals surface area contributed by atoms with Crippen LogP contribution >= 0.6 is 0 Å². The van der Waals surface area contributed by atoms with Crippen molar-refractivity contribution >= 4 is 23.7 Å². The van der Waals surface area contributed by atoms with Crippen LogP contribution in [0.25, 0.3) is 0 Å². The molecular weight excluding hydrogens is 264 g/mol. The Hall–Kier alpha value is -2.57. The number of hydrogen-bond acceptors (Lipinski definition) is 4. The molecule has 1 aromatic rings. The van der Waals surface area contributed by atoms with Crippen LogP contribution in [0.2, 0.25) is 0 Å². The quantitative estimate of drug-likeness (QED) is 0.701. The Labute approximate surface area is 115 Å². The molecule has 0 saturated heterocycles. The fraction of sp³-hybridized carbons (Fsp3) is 0.308. The van der Waals surface area contributed by atoms with E-state index in [9.17, 15) is 14.4 Å². The first kappa shape index (κ1) is 15.5. The Balaban J connectivity index is 2.60. The maximum absolute atomic E-state index is 11.6. The molecule has 0 aliphatic heterocycles. The molecule has 0 unspecified atom stereocenters. The van der Waals surface area contributed by atoms with Crippen LogP contribution in [0.3, 0.4) is 0 Å². The van der Waals surface area contributed by atoms with Crippen LogP contribution in [0.1, 0.15) is 12.0 Å². The Morgan fingerprint density at radius 3 is 2.35 bits per heavy atom. The highest BCUT2D eigenvalue weighted by molar-refractivity contribution is 5.93. The number of esters is 1. The highest BCUT2D eigenvalue weighted by atomic mass is 16.5. The molecule has 20 heavy (non-hydrogen) atoms. The third kappa shape index (κ3) is 4.97. The number of aliphatic carboxylic acids is 1. The Kier molecular flexibility index (Phi) is 5.52. The van der Waals surface area contributed by atoms with E-state index in [0.717, 1.165) is 12.7 Å². The minimum Gasteiger partial charge on any atom is -0.480 e. The predicted octanol–water partition coefficient (Wildman–Crippen LogP) is 1.13. The molecule has 1 atom stereocenters. The summed E-state index contributed by atoms with van der Waals surface area (Å²) in [6, 6.07) is 4.94. The highest BCUT2D eigenvalue weighted by Gasteiger charge is 2.23. The number of carbonyl (C=O) groups excluding carboxylic acids is 2. The van der Waals surface area contributed by atoms with Gasteiger partial charge in [0.2, 0.25) is 0 Å². The number of hydrogen-bond donors (Lipinski definition) is 3. The van der Waals surface area contributed by atoms with Gasteiger partial charge < -0.3 is 20.5 Å². The molecule has 0 heterocycles. The lowest BCUT2D eigenvalue weighted by atomic mass is 10.2. The van der Waals surface area contributed by atoms with Crippen LogP contribution in [0, 0.1) is 6.92 Å². The van der Waals surface area contributed by atoms with E-state index in [-0.39, 0.29) is 0 Å². The smallest absolute Gasteiger partial charge is 0.326 e. The summed E-state index contributed by atoms with van der Waals surface area (Å²) in [5.74, 6) is -2.03. The van der Waals surface area contributed by atoms with E-state index in [1.54, 1.807) is 24.3 Å². The molecule has 0 fully saturated rings. The van der Waals surface area contributed by atoms with Gasteiger partial charge in [-0.15, -0.1) is 0 Å². The zero-order valence-electron chi connectivity index (χ0n) is 11.2. The van der Waals surface area contributed by atoms with Crippen molar-refractivity contribution in [1.82, 2.24) is 5.32 Å². The van der Waals surface area contributed by atoms with Crippen molar-refractivity contribution in [2.75, 3.05) is 12.4 Å². The van der Waals surface area contributed by atoms with E-state index < -0.39 is 30.4 Å². The summed E-state index contributed by atoms with van der Waals surface area (Å²) >= 11 is 0. The molecule has 0 aliphatic carbocycles. The standard InChI is InChI=1S/C13H16N2O5/c1-8-3-5-9(6-4-8)14-13(19)15-10(12(17)18)7-11(16)20-2/h3-6,10H,7H2,1-2H3,(H,17,18)(H2,14,15,19)/t10-/m0/s1. The molecule has 1 aromatic carbocycles. The third-order valence-electron chi connectivity index (χ3n) is 2.51. The van der Waals surface area contributed by atoms with Crippen molar-refractivity contribution in [2.45, 2.75) is 19.4 Å².